The number of hydrogen-bond donors (Lipinski definition) is 0. The van der Waals surface area contributed by atoms with Gasteiger partial charge in [-0.05, 0) is 135 Å². The molecule has 6 aliphatic rings. The Balaban J connectivity index is 1.03. The van der Waals surface area contributed by atoms with Crippen LogP contribution >= 0.6 is 0 Å². The normalized spacial score (nSPS) is 18.1. The van der Waals surface area contributed by atoms with Crippen molar-refractivity contribution in [2.75, 3.05) is 9.80 Å². The lowest BCUT2D eigenvalue weighted by Crippen LogP contribution is -2.61. The highest BCUT2D eigenvalue weighted by Gasteiger charge is 2.48. The van der Waals surface area contributed by atoms with Gasteiger partial charge in [0.2, 0.25) is 0 Å². The van der Waals surface area contributed by atoms with Crippen molar-refractivity contribution >= 4 is 57.2 Å². The first-order valence-electron chi connectivity index (χ1n) is 20.7. The van der Waals surface area contributed by atoms with E-state index in [1.807, 2.05) is 0 Å². The summed E-state index contributed by atoms with van der Waals surface area (Å²) in [6, 6.07) is 58.8. The first-order chi connectivity index (χ1) is 27.3. The molecule has 2 fully saturated rings. The maximum atomic E-state index is 2.59. The van der Waals surface area contributed by atoms with Gasteiger partial charge in [0.1, 0.15) is 0 Å². The second-order valence-electron chi connectivity index (χ2n) is 17.1. The highest BCUT2D eigenvalue weighted by Crippen LogP contribution is 2.59. The van der Waals surface area contributed by atoms with Gasteiger partial charge in [-0.25, -0.2) is 0 Å². The number of benzene rings is 7. The molecule has 7 aromatic rings. The third-order valence-corrected chi connectivity index (χ3v) is 14.7. The van der Waals surface area contributed by atoms with Crippen LogP contribution < -0.4 is 26.2 Å². The summed E-state index contributed by atoms with van der Waals surface area (Å²) in [5.41, 5.74) is 24.0. The second kappa shape index (κ2) is 10.9. The largest absolute Gasteiger partial charge is 0.311 e. The summed E-state index contributed by atoms with van der Waals surface area (Å²) in [5, 5.41) is 0. The molecule has 2 nitrogen and oxygen atoms in total. The third-order valence-electron chi connectivity index (χ3n) is 14.7. The molecule has 2 spiro atoms. The van der Waals surface area contributed by atoms with E-state index in [4.69, 9.17) is 0 Å². The molecule has 2 saturated carbocycles. The van der Waals surface area contributed by atoms with Gasteiger partial charge in [-0.15, -0.1) is 0 Å². The molecule has 262 valence electrons. The van der Waals surface area contributed by atoms with Gasteiger partial charge < -0.3 is 9.80 Å². The average molecular weight is 705 g/mol. The van der Waals surface area contributed by atoms with Gasteiger partial charge in [0, 0.05) is 45.0 Å². The van der Waals surface area contributed by atoms with E-state index in [1.165, 1.54) is 135 Å². The Kier molecular flexibility index (Phi) is 6.06. The molecule has 2 heterocycles. The van der Waals surface area contributed by atoms with Crippen LogP contribution in [0.5, 0.6) is 0 Å². The van der Waals surface area contributed by atoms with E-state index in [0.717, 1.165) is 0 Å². The van der Waals surface area contributed by atoms with Crippen molar-refractivity contribution in [1.82, 2.24) is 0 Å². The Labute approximate surface area is 324 Å². The van der Waals surface area contributed by atoms with Gasteiger partial charge in [0.15, 0.2) is 0 Å². The molecule has 2 aliphatic heterocycles. The molecular formula is C52H41BN2. The number of nitrogens with zero attached hydrogens (tertiary/aromatic N) is 2. The van der Waals surface area contributed by atoms with Crippen LogP contribution in [0, 0.1) is 0 Å². The van der Waals surface area contributed by atoms with E-state index in [9.17, 15) is 0 Å². The number of para-hydroxylation sites is 2. The fraction of sp³-hybridized carbons (Fsp3) is 0.192. The highest BCUT2D eigenvalue weighted by atomic mass is 15.2. The molecule has 13 rings (SSSR count). The Bertz CT molecular complexity index is 2580. The first-order valence-corrected chi connectivity index (χ1v) is 20.7. The number of anilines is 6. The molecule has 0 radical (unpaired) electrons. The van der Waals surface area contributed by atoms with Crippen molar-refractivity contribution in [2.24, 2.45) is 0 Å². The fourth-order valence-electron chi connectivity index (χ4n) is 12.6. The van der Waals surface area contributed by atoms with Gasteiger partial charge >= 0.3 is 0 Å². The van der Waals surface area contributed by atoms with Gasteiger partial charge in [0.25, 0.3) is 6.71 Å². The maximum absolute atomic E-state index is 2.59. The average Bonchev–Trinajstić information content (AvgIpc) is 4.05. The van der Waals surface area contributed by atoms with Crippen molar-refractivity contribution in [2.45, 2.75) is 62.2 Å². The van der Waals surface area contributed by atoms with E-state index in [2.05, 4.69) is 161 Å². The number of fused-ring (bicyclic) bond motifs is 14. The minimum atomic E-state index is 0.121. The quantitative estimate of drug-likeness (QED) is 0.165. The van der Waals surface area contributed by atoms with E-state index in [0.29, 0.717) is 0 Å². The molecule has 0 amide bonds. The molecule has 7 aromatic carbocycles. The van der Waals surface area contributed by atoms with Crippen molar-refractivity contribution < 1.29 is 0 Å². The molecule has 0 saturated heterocycles. The standard InChI is InChI=1S/C52H41BN2/c1-3-16-40-36(14-1)38-26-24-34(32-42(38)51(40)28-9-10-29-51)54-46-20-7-5-18-44(46)53-45-19-6-8-21-47(45)55(49-23-13-22-48(54)50(49)53)35-25-27-39-37-15-2-4-17-41(37)52(43(39)33-35)30-11-12-31-52/h1-8,13-27,32-33H,9-12,28-31H2. The molecule has 0 aromatic heterocycles. The molecule has 0 N–H and O–H groups in total. The van der Waals surface area contributed by atoms with Gasteiger partial charge in [0.05, 0.1) is 0 Å². The maximum Gasteiger partial charge on any atom is 0.252 e. The lowest BCUT2D eigenvalue weighted by molar-refractivity contribution is 0.550. The predicted octanol–water partition coefficient (Wildman–Crippen LogP) is 11.5. The topological polar surface area (TPSA) is 6.48 Å². The van der Waals surface area contributed by atoms with Crippen molar-refractivity contribution in [1.29, 1.82) is 0 Å². The smallest absolute Gasteiger partial charge is 0.252 e. The highest BCUT2D eigenvalue weighted by molar-refractivity contribution is 7.00. The van der Waals surface area contributed by atoms with Crippen LogP contribution in [0.15, 0.2) is 152 Å². The molecule has 0 unspecified atom stereocenters. The first kappa shape index (κ1) is 30.5. The zero-order valence-corrected chi connectivity index (χ0v) is 31.1. The minimum Gasteiger partial charge on any atom is -0.311 e. The Hall–Kier alpha value is -5.80. The summed E-state index contributed by atoms with van der Waals surface area (Å²) < 4.78 is 0. The van der Waals surface area contributed by atoms with E-state index >= 15 is 0 Å². The summed E-state index contributed by atoms with van der Waals surface area (Å²) in [6.45, 7) is 0.144. The summed E-state index contributed by atoms with van der Waals surface area (Å²) in [6.07, 6.45) is 10.1. The van der Waals surface area contributed by atoms with E-state index in [-0.39, 0.29) is 17.5 Å². The zero-order valence-electron chi connectivity index (χ0n) is 31.1. The molecule has 3 heteroatoms. The second-order valence-corrected chi connectivity index (χ2v) is 17.1. The van der Waals surface area contributed by atoms with Crippen molar-refractivity contribution in [3.8, 4) is 22.3 Å². The SMILES string of the molecule is c1ccc2c(c1)B1c3ccccc3N(c3ccc4c(c3)C3(CCCC3)c3ccccc3-4)c3cccc(c31)N2c1ccc2c(c1)C1(CCCC1)c1ccccc1-2. The number of hydrogen-bond acceptors (Lipinski definition) is 2. The van der Waals surface area contributed by atoms with Crippen LogP contribution in [0.4, 0.5) is 34.1 Å². The molecule has 0 bridgehead atoms. The Morgan fingerprint density at radius 2 is 0.764 bits per heavy atom. The summed E-state index contributed by atoms with van der Waals surface area (Å²) in [7, 11) is 0. The van der Waals surface area contributed by atoms with Gasteiger partial charge in [-0.3, -0.25) is 0 Å². The fourth-order valence-corrected chi connectivity index (χ4v) is 12.6. The van der Waals surface area contributed by atoms with Crippen molar-refractivity contribution in [3.05, 3.63) is 174 Å². The molecule has 4 aliphatic carbocycles. The molecular weight excluding hydrogens is 663 g/mol. The summed E-state index contributed by atoms with van der Waals surface area (Å²) in [4.78, 5) is 5.19. The predicted molar refractivity (Wildman–Crippen MR) is 230 cm³/mol. The van der Waals surface area contributed by atoms with Crippen LogP contribution in [0.1, 0.15) is 73.6 Å². The zero-order chi connectivity index (χ0) is 35.9. The van der Waals surface area contributed by atoms with Crippen LogP contribution in [-0.2, 0) is 10.8 Å². The molecule has 55 heavy (non-hydrogen) atoms. The van der Waals surface area contributed by atoms with Crippen molar-refractivity contribution in [3.63, 3.8) is 0 Å². The summed E-state index contributed by atoms with van der Waals surface area (Å²) in [5.74, 6) is 0. The van der Waals surface area contributed by atoms with Gasteiger partial charge in [-0.2, -0.15) is 0 Å². The third kappa shape index (κ3) is 3.82. The van der Waals surface area contributed by atoms with Gasteiger partial charge in [-0.1, -0.05) is 129 Å². The van der Waals surface area contributed by atoms with Crippen LogP contribution in [-0.4, -0.2) is 6.71 Å². The monoisotopic (exact) mass is 704 g/mol. The van der Waals surface area contributed by atoms with Crippen LogP contribution in [0.25, 0.3) is 22.3 Å². The molecule has 0 atom stereocenters. The number of rotatable bonds is 2. The summed E-state index contributed by atoms with van der Waals surface area (Å²) >= 11 is 0. The minimum absolute atomic E-state index is 0.121. The lowest BCUT2D eigenvalue weighted by atomic mass is 9.33. The van der Waals surface area contributed by atoms with E-state index in [1.54, 1.807) is 11.1 Å². The van der Waals surface area contributed by atoms with Crippen LogP contribution in [0.2, 0.25) is 0 Å². The van der Waals surface area contributed by atoms with Crippen LogP contribution in [0.3, 0.4) is 0 Å². The Morgan fingerprint density at radius 1 is 0.364 bits per heavy atom. The van der Waals surface area contributed by atoms with E-state index < -0.39 is 0 Å². The lowest BCUT2D eigenvalue weighted by Gasteiger charge is -2.44. The Morgan fingerprint density at radius 3 is 1.25 bits per heavy atom.